The minimum Gasteiger partial charge on any atom is -0.454 e. The summed E-state index contributed by atoms with van der Waals surface area (Å²) >= 11 is 0. The van der Waals surface area contributed by atoms with Crippen molar-refractivity contribution in [2.24, 2.45) is 0 Å². The fourth-order valence-electron chi connectivity index (χ4n) is 3.03. The molecule has 0 radical (unpaired) electrons. The number of benzene rings is 1. The molecule has 3 rings (SSSR count). The molecule has 6 heteroatoms. The summed E-state index contributed by atoms with van der Waals surface area (Å²) in [5, 5.41) is 0. The molecule has 1 fully saturated rings. The fourth-order valence-corrected chi connectivity index (χ4v) is 4.93. The highest BCUT2D eigenvalue weighted by Gasteiger charge is 2.36. The van der Waals surface area contributed by atoms with E-state index in [0.717, 1.165) is 19.3 Å². The number of sulfonamides is 1. The first kappa shape index (κ1) is 13.7. The predicted molar refractivity (Wildman–Crippen MR) is 74.4 cm³/mol. The molecular formula is C14H19NO4S. The Balaban J connectivity index is 1.99. The van der Waals surface area contributed by atoms with Crippen LogP contribution in [-0.2, 0) is 10.0 Å². The Hall–Kier alpha value is -1.27. The van der Waals surface area contributed by atoms with Crippen LogP contribution in [0.3, 0.4) is 0 Å². The fraction of sp³-hybridized carbons (Fsp3) is 0.571. The third kappa shape index (κ3) is 2.16. The van der Waals surface area contributed by atoms with Crippen molar-refractivity contribution >= 4 is 10.0 Å². The van der Waals surface area contributed by atoms with E-state index in [1.54, 1.807) is 22.5 Å². The second-order valence-corrected chi connectivity index (χ2v) is 7.32. The molecule has 0 aromatic heterocycles. The summed E-state index contributed by atoms with van der Waals surface area (Å²) in [5.41, 5.74) is 0. The monoisotopic (exact) mass is 297 g/mol. The molecule has 0 bridgehead atoms. The lowest BCUT2D eigenvalue weighted by molar-refractivity contribution is 0.173. The molecule has 0 saturated carbocycles. The molecule has 2 aliphatic rings. The van der Waals surface area contributed by atoms with Gasteiger partial charge in [0.2, 0.25) is 16.8 Å². The number of hydrogen-bond donors (Lipinski definition) is 0. The van der Waals surface area contributed by atoms with Crippen LogP contribution in [0.4, 0.5) is 0 Å². The minimum absolute atomic E-state index is 0.0363. The van der Waals surface area contributed by atoms with E-state index in [1.807, 2.05) is 13.8 Å². The van der Waals surface area contributed by atoms with Crippen molar-refractivity contribution in [3.05, 3.63) is 18.2 Å². The first-order chi connectivity index (χ1) is 9.50. The van der Waals surface area contributed by atoms with Gasteiger partial charge in [0.05, 0.1) is 4.90 Å². The summed E-state index contributed by atoms with van der Waals surface area (Å²) in [6.07, 6.45) is 2.90. The first-order valence-corrected chi connectivity index (χ1v) is 8.37. The number of nitrogens with zero attached hydrogens (tertiary/aromatic N) is 1. The molecule has 2 heterocycles. The van der Waals surface area contributed by atoms with Gasteiger partial charge in [-0.25, -0.2) is 8.42 Å². The van der Waals surface area contributed by atoms with Crippen molar-refractivity contribution in [1.29, 1.82) is 0 Å². The van der Waals surface area contributed by atoms with Crippen LogP contribution in [0.2, 0.25) is 0 Å². The van der Waals surface area contributed by atoms with Crippen molar-refractivity contribution < 1.29 is 17.9 Å². The van der Waals surface area contributed by atoms with Crippen molar-refractivity contribution in [3.8, 4) is 11.5 Å². The van der Waals surface area contributed by atoms with Gasteiger partial charge in [-0.1, -0.05) is 6.42 Å². The smallest absolute Gasteiger partial charge is 0.243 e. The third-order valence-corrected chi connectivity index (χ3v) is 6.16. The van der Waals surface area contributed by atoms with Gasteiger partial charge in [0, 0.05) is 18.2 Å². The molecule has 1 aromatic rings. The topological polar surface area (TPSA) is 55.8 Å². The molecule has 0 N–H and O–H groups in total. The van der Waals surface area contributed by atoms with Gasteiger partial charge in [0.15, 0.2) is 11.5 Å². The number of ether oxygens (including phenoxy) is 2. The van der Waals surface area contributed by atoms with Gasteiger partial charge in [-0.05, 0) is 38.8 Å². The summed E-state index contributed by atoms with van der Waals surface area (Å²) < 4.78 is 37.8. The molecule has 2 aliphatic heterocycles. The number of rotatable bonds is 2. The molecule has 0 spiro atoms. The Kier molecular flexibility index (Phi) is 3.38. The van der Waals surface area contributed by atoms with E-state index in [2.05, 4.69) is 0 Å². The molecule has 2 atom stereocenters. The molecule has 0 aliphatic carbocycles. The minimum atomic E-state index is -3.48. The standard InChI is InChI=1S/C14H19NO4S/c1-10-4-3-5-11(2)15(10)20(16,17)12-6-7-13-14(8-12)19-9-18-13/h6-8,10-11H,3-5,9H2,1-2H3. The number of piperidine rings is 1. The van der Waals surface area contributed by atoms with Gasteiger partial charge in [0.25, 0.3) is 0 Å². The van der Waals surface area contributed by atoms with Crippen molar-refractivity contribution in [1.82, 2.24) is 4.31 Å². The summed E-state index contributed by atoms with van der Waals surface area (Å²) in [6.45, 7) is 4.09. The zero-order chi connectivity index (χ0) is 14.3. The second-order valence-electron chi connectivity index (χ2n) is 5.48. The lowest BCUT2D eigenvalue weighted by atomic mass is 10.0. The van der Waals surface area contributed by atoms with Crippen molar-refractivity contribution in [2.75, 3.05) is 6.79 Å². The van der Waals surface area contributed by atoms with Crippen LogP contribution in [0.25, 0.3) is 0 Å². The highest BCUT2D eigenvalue weighted by molar-refractivity contribution is 7.89. The highest BCUT2D eigenvalue weighted by Crippen LogP contribution is 2.36. The summed E-state index contributed by atoms with van der Waals surface area (Å²) in [5.74, 6) is 1.10. The Labute approximate surface area is 119 Å². The normalized spacial score (nSPS) is 26.7. The van der Waals surface area contributed by atoms with Crippen LogP contribution in [0.1, 0.15) is 33.1 Å². The van der Waals surface area contributed by atoms with Gasteiger partial charge in [-0.3, -0.25) is 0 Å². The average Bonchev–Trinajstić information content (AvgIpc) is 2.85. The van der Waals surface area contributed by atoms with E-state index in [4.69, 9.17) is 9.47 Å². The molecule has 2 unspecified atom stereocenters. The Morgan fingerprint density at radius 2 is 1.75 bits per heavy atom. The summed E-state index contributed by atoms with van der Waals surface area (Å²) in [7, 11) is -3.48. The number of fused-ring (bicyclic) bond motifs is 1. The Morgan fingerprint density at radius 1 is 1.10 bits per heavy atom. The molecule has 1 saturated heterocycles. The molecule has 110 valence electrons. The maximum absolute atomic E-state index is 12.8. The van der Waals surface area contributed by atoms with Crippen LogP contribution in [0.15, 0.2) is 23.1 Å². The van der Waals surface area contributed by atoms with E-state index in [-0.39, 0.29) is 23.8 Å². The number of hydrogen-bond acceptors (Lipinski definition) is 4. The summed E-state index contributed by atoms with van der Waals surface area (Å²) in [6, 6.07) is 4.89. The van der Waals surface area contributed by atoms with E-state index < -0.39 is 10.0 Å². The Morgan fingerprint density at radius 3 is 2.45 bits per heavy atom. The molecular weight excluding hydrogens is 278 g/mol. The summed E-state index contributed by atoms with van der Waals surface area (Å²) in [4.78, 5) is 0.280. The third-order valence-electron chi connectivity index (χ3n) is 4.03. The van der Waals surface area contributed by atoms with E-state index in [9.17, 15) is 8.42 Å². The van der Waals surface area contributed by atoms with E-state index in [0.29, 0.717) is 11.5 Å². The highest BCUT2D eigenvalue weighted by atomic mass is 32.2. The zero-order valence-corrected chi connectivity index (χ0v) is 12.5. The largest absolute Gasteiger partial charge is 0.454 e. The van der Waals surface area contributed by atoms with Crippen LogP contribution < -0.4 is 9.47 Å². The van der Waals surface area contributed by atoms with Crippen LogP contribution in [0.5, 0.6) is 11.5 Å². The van der Waals surface area contributed by atoms with Gasteiger partial charge in [-0.15, -0.1) is 0 Å². The molecule has 1 aromatic carbocycles. The lowest BCUT2D eigenvalue weighted by Gasteiger charge is -2.37. The van der Waals surface area contributed by atoms with Crippen molar-refractivity contribution in [2.45, 2.75) is 50.1 Å². The second kappa shape index (κ2) is 4.93. The van der Waals surface area contributed by atoms with Crippen LogP contribution >= 0.6 is 0 Å². The van der Waals surface area contributed by atoms with E-state index in [1.165, 1.54) is 0 Å². The molecule has 5 nitrogen and oxygen atoms in total. The molecule has 0 amide bonds. The average molecular weight is 297 g/mol. The maximum Gasteiger partial charge on any atom is 0.243 e. The van der Waals surface area contributed by atoms with Gasteiger partial charge < -0.3 is 9.47 Å². The van der Waals surface area contributed by atoms with Crippen LogP contribution in [0, 0.1) is 0 Å². The van der Waals surface area contributed by atoms with E-state index >= 15 is 0 Å². The zero-order valence-electron chi connectivity index (χ0n) is 11.7. The van der Waals surface area contributed by atoms with Crippen LogP contribution in [-0.4, -0.2) is 31.6 Å². The van der Waals surface area contributed by atoms with Crippen molar-refractivity contribution in [3.63, 3.8) is 0 Å². The lowest BCUT2D eigenvalue weighted by Crippen LogP contribution is -2.47. The SMILES string of the molecule is CC1CCCC(C)N1S(=O)(=O)c1ccc2c(c1)OCO2. The Bertz CT molecular complexity index is 604. The maximum atomic E-state index is 12.8. The van der Waals surface area contributed by atoms with Gasteiger partial charge in [0.1, 0.15) is 0 Å². The van der Waals surface area contributed by atoms with Gasteiger partial charge in [-0.2, -0.15) is 4.31 Å². The predicted octanol–water partition coefficient (Wildman–Crippen LogP) is 2.37. The molecule has 20 heavy (non-hydrogen) atoms. The first-order valence-electron chi connectivity index (χ1n) is 6.93. The van der Waals surface area contributed by atoms with Gasteiger partial charge >= 0.3 is 0 Å². The quantitative estimate of drug-likeness (QED) is 0.841.